The Kier molecular flexibility index (Phi) is 11.4. The Morgan fingerprint density at radius 3 is 2.33 bits per heavy atom. The molecule has 1 aliphatic carbocycles. The summed E-state index contributed by atoms with van der Waals surface area (Å²) in [7, 11) is 1.24. The Balaban J connectivity index is 0.000000606. The van der Waals surface area contributed by atoms with Crippen molar-refractivity contribution in [1.29, 1.82) is 0 Å². The fraction of sp³-hybridized carbons (Fsp3) is 0.543. The number of allylic oxidation sites excluding steroid dienone is 1. The van der Waals surface area contributed by atoms with Gasteiger partial charge in [-0.15, -0.1) is 0 Å². The first-order chi connectivity index (χ1) is 21.8. The molecule has 4 amide bonds. The second-order valence-electron chi connectivity index (χ2n) is 13.1. The van der Waals surface area contributed by atoms with E-state index in [2.05, 4.69) is 71.8 Å². The first kappa shape index (κ1) is 35.3. The lowest BCUT2D eigenvalue weighted by molar-refractivity contribution is -0.117. The molecule has 4 aliphatic rings. The Hall–Kier alpha value is -3.55. The largest absolute Gasteiger partial charge is 0.444 e. The molecule has 0 aromatic heterocycles. The van der Waals surface area contributed by atoms with Crippen molar-refractivity contribution < 1.29 is 23.9 Å². The molecule has 3 fully saturated rings. The SMILES string of the molecule is C=CC1=C(C)C(=C)N(P(#Cc2ccc(C(N3CCCN(C(=O)OC(C)(C)C)CC3)C3(OC)CC3)cc2)CC)C1.O=C1CNC(=O)N1. The molecule has 250 valence electrons. The molecule has 1 aromatic carbocycles. The molecule has 2 saturated heterocycles. The van der Waals surface area contributed by atoms with Gasteiger partial charge in [0.25, 0.3) is 0 Å². The highest BCUT2D eigenvalue weighted by Crippen LogP contribution is 2.52. The van der Waals surface area contributed by atoms with Crippen molar-refractivity contribution in [3.05, 3.63) is 71.5 Å². The van der Waals surface area contributed by atoms with Gasteiger partial charge in [0.05, 0.1) is 24.7 Å². The Labute approximate surface area is 274 Å². The predicted molar refractivity (Wildman–Crippen MR) is 183 cm³/mol. The fourth-order valence-electron chi connectivity index (χ4n) is 6.04. The lowest BCUT2D eigenvalue weighted by Crippen LogP contribution is -2.42. The Morgan fingerprint density at radius 1 is 1.15 bits per heavy atom. The van der Waals surface area contributed by atoms with Gasteiger partial charge < -0.3 is 24.4 Å². The van der Waals surface area contributed by atoms with E-state index < -0.39 is 19.2 Å². The number of imide groups is 1. The molecule has 1 saturated carbocycles. The maximum Gasteiger partial charge on any atom is 0.410 e. The highest BCUT2D eigenvalue weighted by atomic mass is 31.1. The number of ether oxygens (including phenoxy) is 2. The van der Waals surface area contributed by atoms with Crippen LogP contribution in [0.3, 0.4) is 0 Å². The Morgan fingerprint density at radius 2 is 1.85 bits per heavy atom. The van der Waals surface area contributed by atoms with Crippen LogP contribution in [0.2, 0.25) is 0 Å². The summed E-state index contributed by atoms with van der Waals surface area (Å²) in [4.78, 5) is 37.2. The number of carbonyl (C=O) groups is 3. The molecule has 1 aromatic rings. The van der Waals surface area contributed by atoms with Gasteiger partial charge in [-0.25, -0.2) is 9.59 Å². The van der Waals surface area contributed by atoms with Gasteiger partial charge in [-0.3, -0.25) is 15.0 Å². The van der Waals surface area contributed by atoms with E-state index in [9.17, 15) is 14.4 Å². The average molecular weight is 652 g/mol. The van der Waals surface area contributed by atoms with E-state index in [1.165, 1.54) is 16.7 Å². The third-order valence-corrected chi connectivity index (χ3v) is 10.8. The average Bonchev–Trinajstić information content (AvgIpc) is 3.70. The number of hydrogen-bond acceptors (Lipinski definition) is 7. The summed E-state index contributed by atoms with van der Waals surface area (Å²) >= 11 is 0. The number of amides is 4. The zero-order valence-electron chi connectivity index (χ0n) is 28.3. The van der Waals surface area contributed by atoms with Crippen molar-refractivity contribution in [2.75, 3.05) is 52.5 Å². The van der Waals surface area contributed by atoms with Crippen LogP contribution in [0.15, 0.2) is 60.3 Å². The molecule has 0 radical (unpaired) electrons. The molecular weight excluding hydrogens is 601 g/mol. The van der Waals surface area contributed by atoms with E-state index >= 15 is 0 Å². The number of methoxy groups -OCH3 is 1. The normalized spacial score (nSPS) is 20.6. The van der Waals surface area contributed by atoms with Crippen LogP contribution in [0.25, 0.3) is 0 Å². The van der Waals surface area contributed by atoms with Gasteiger partial charge in [-0.2, -0.15) is 0 Å². The second-order valence-corrected chi connectivity index (χ2v) is 15.2. The molecule has 3 aliphatic heterocycles. The quantitative estimate of drug-likeness (QED) is 0.310. The molecule has 2 unspecified atom stereocenters. The smallest absolute Gasteiger partial charge is 0.410 e. The summed E-state index contributed by atoms with van der Waals surface area (Å²) in [6, 6.07) is 8.68. The zero-order chi connectivity index (χ0) is 33.6. The molecule has 3 heterocycles. The summed E-state index contributed by atoms with van der Waals surface area (Å²) in [6.45, 7) is 22.5. The minimum atomic E-state index is -0.600. The van der Waals surface area contributed by atoms with Crippen LogP contribution >= 0.6 is 7.53 Å². The predicted octanol–water partition coefficient (Wildman–Crippen LogP) is 5.73. The van der Waals surface area contributed by atoms with E-state index in [4.69, 9.17) is 9.47 Å². The number of hydrogen-bond donors (Lipinski definition) is 2. The minimum absolute atomic E-state index is 0.124. The fourth-order valence-corrected chi connectivity index (χ4v) is 7.87. The molecule has 10 nitrogen and oxygen atoms in total. The molecule has 2 atom stereocenters. The van der Waals surface area contributed by atoms with Crippen molar-refractivity contribution in [2.45, 2.75) is 71.1 Å². The van der Waals surface area contributed by atoms with Crippen LogP contribution in [-0.2, 0) is 14.3 Å². The van der Waals surface area contributed by atoms with Crippen molar-refractivity contribution in [1.82, 2.24) is 25.1 Å². The van der Waals surface area contributed by atoms with Gasteiger partial charge >= 0.3 is 12.1 Å². The summed E-state index contributed by atoms with van der Waals surface area (Å²) in [5.41, 5.74) is 9.13. The number of urea groups is 1. The van der Waals surface area contributed by atoms with E-state index in [0.717, 1.165) is 56.3 Å². The second kappa shape index (κ2) is 14.9. The van der Waals surface area contributed by atoms with Gasteiger partial charge in [0.15, 0.2) is 0 Å². The topological polar surface area (TPSA) is 103 Å². The van der Waals surface area contributed by atoms with E-state index in [1.54, 1.807) is 0 Å². The zero-order valence-corrected chi connectivity index (χ0v) is 29.2. The van der Waals surface area contributed by atoms with Gasteiger partial charge in [0.2, 0.25) is 5.91 Å². The standard InChI is InChI=1S/C32H46N3O3P.C3H4N2O2/c1-9-27-22-35(25(4)24(27)3)39(10-2)23-26-12-14-28(15-13-26)29(32(37-8)16-17-32)33-18-11-19-34(21-20-33)30(36)38-31(5,6)7;6-2-1-4-3(7)5-2/h9,12-15,29H,1,4,10-11,16-22H2,2-3,5-8H3;1H2,(H2,4,5,6,7). The molecule has 11 heteroatoms. The molecule has 0 bridgehead atoms. The van der Waals surface area contributed by atoms with Crippen molar-refractivity contribution in [3.63, 3.8) is 0 Å². The maximum absolute atomic E-state index is 12.7. The van der Waals surface area contributed by atoms with Gasteiger partial charge in [0.1, 0.15) is 5.60 Å². The lowest BCUT2D eigenvalue weighted by atomic mass is 9.96. The first-order valence-corrected chi connectivity index (χ1v) is 17.6. The van der Waals surface area contributed by atoms with Crippen molar-refractivity contribution in [3.8, 4) is 5.63 Å². The number of rotatable bonds is 5. The highest BCUT2D eigenvalue weighted by Gasteiger charge is 2.53. The van der Waals surface area contributed by atoms with Gasteiger partial charge in [-0.05, 0) is 83.3 Å². The van der Waals surface area contributed by atoms with Crippen LogP contribution in [0.1, 0.15) is 71.0 Å². The van der Waals surface area contributed by atoms with Gasteiger partial charge in [0, 0.05) is 50.7 Å². The van der Waals surface area contributed by atoms with E-state index in [0.29, 0.717) is 13.1 Å². The van der Waals surface area contributed by atoms with Crippen molar-refractivity contribution >= 4 is 25.6 Å². The van der Waals surface area contributed by atoms with Crippen LogP contribution < -0.4 is 10.6 Å². The maximum atomic E-state index is 12.7. The summed E-state index contributed by atoms with van der Waals surface area (Å²) in [6.07, 6.45) is 5.77. The number of benzene rings is 1. The van der Waals surface area contributed by atoms with E-state index in [-0.39, 0.29) is 30.2 Å². The lowest BCUT2D eigenvalue weighted by Gasteiger charge is -2.36. The van der Waals surface area contributed by atoms with Crippen LogP contribution in [0, 0.1) is 5.63 Å². The molecule has 2 N–H and O–H groups in total. The number of carbonyl (C=O) groups excluding carboxylic acids is 3. The van der Waals surface area contributed by atoms with E-state index in [1.807, 2.05) is 44.2 Å². The number of nitrogens with zero attached hydrogens (tertiary/aromatic N) is 3. The van der Waals surface area contributed by atoms with Crippen molar-refractivity contribution in [2.24, 2.45) is 0 Å². The van der Waals surface area contributed by atoms with Crippen LogP contribution in [-0.4, -0.2) is 96.2 Å². The third kappa shape index (κ3) is 8.62. The van der Waals surface area contributed by atoms with Crippen LogP contribution in [0.5, 0.6) is 0 Å². The molecule has 0 spiro atoms. The first-order valence-electron chi connectivity index (χ1n) is 16.1. The summed E-state index contributed by atoms with van der Waals surface area (Å²) in [5, 5.41) is 4.30. The summed E-state index contributed by atoms with van der Waals surface area (Å²) in [5.74, 6) is -0.259. The Bertz CT molecular complexity index is 1450. The minimum Gasteiger partial charge on any atom is -0.444 e. The highest BCUT2D eigenvalue weighted by molar-refractivity contribution is 7.44. The molecule has 5 rings (SSSR count). The van der Waals surface area contributed by atoms with Crippen LogP contribution in [0.4, 0.5) is 9.59 Å². The molecular formula is C35H50N5O5P. The monoisotopic (exact) mass is 651 g/mol. The third-order valence-electron chi connectivity index (χ3n) is 8.73. The van der Waals surface area contributed by atoms with Gasteiger partial charge in [-0.1, -0.05) is 43.9 Å². The number of nitrogens with one attached hydrogen (secondary N) is 2. The molecule has 46 heavy (non-hydrogen) atoms. The summed E-state index contributed by atoms with van der Waals surface area (Å²) < 4.78 is 14.2.